The van der Waals surface area contributed by atoms with Crippen LogP contribution in [0.15, 0.2) is 60.7 Å². The molecular formula is C19H16N4. The van der Waals surface area contributed by atoms with Crippen molar-refractivity contribution in [2.45, 2.75) is 6.92 Å². The lowest BCUT2D eigenvalue weighted by atomic mass is 10.00. The van der Waals surface area contributed by atoms with Crippen LogP contribution < -0.4 is 5.73 Å². The summed E-state index contributed by atoms with van der Waals surface area (Å²) in [5, 5.41) is 7.93. The van der Waals surface area contributed by atoms with Crippen molar-refractivity contribution in [2.75, 3.05) is 5.73 Å². The van der Waals surface area contributed by atoms with Gasteiger partial charge in [0.25, 0.3) is 0 Å². The highest BCUT2D eigenvalue weighted by molar-refractivity contribution is 6.01. The number of rotatable bonds is 2. The van der Waals surface area contributed by atoms with Crippen LogP contribution >= 0.6 is 0 Å². The van der Waals surface area contributed by atoms with Gasteiger partial charge in [0.2, 0.25) is 0 Å². The quantitative estimate of drug-likeness (QED) is 0.583. The number of anilines is 1. The van der Waals surface area contributed by atoms with Gasteiger partial charge in [-0.15, -0.1) is 0 Å². The molecule has 0 saturated carbocycles. The highest BCUT2D eigenvalue weighted by atomic mass is 15.2. The van der Waals surface area contributed by atoms with Crippen LogP contribution in [0.2, 0.25) is 0 Å². The SMILES string of the molecule is Cc1cccc(-c2cc(-c3ccccc3)c3c(N)n[nH]c3n2)c1. The molecule has 0 saturated heterocycles. The highest BCUT2D eigenvalue weighted by Gasteiger charge is 2.14. The third-order valence-corrected chi connectivity index (χ3v) is 3.96. The number of hydrogen-bond donors (Lipinski definition) is 2. The molecule has 0 radical (unpaired) electrons. The molecule has 0 amide bonds. The lowest BCUT2D eigenvalue weighted by Crippen LogP contribution is -1.91. The molecule has 0 spiro atoms. The van der Waals surface area contributed by atoms with Crippen molar-refractivity contribution < 1.29 is 0 Å². The topological polar surface area (TPSA) is 67.6 Å². The van der Waals surface area contributed by atoms with Crippen LogP contribution in [-0.2, 0) is 0 Å². The number of aryl methyl sites for hydroxylation is 1. The zero-order valence-corrected chi connectivity index (χ0v) is 12.7. The number of aromatic amines is 1. The summed E-state index contributed by atoms with van der Waals surface area (Å²) < 4.78 is 0. The highest BCUT2D eigenvalue weighted by Crippen LogP contribution is 2.34. The van der Waals surface area contributed by atoms with Crippen molar-refractivity contribution in [1.82, 2.24) is 15.2 Å². The third kappa shape index (κ3) is 2.34. The van der Waals surface area contributed by atoms with E-state index in [0.717, 1.165) is 27.8 Å². The average Bonchev–Trinajstić information content (AvgIpc) is 2.96. The minimum atomic E-state index is 0.474. The van der Waals surface area contributed by atoms with E-state index in [0.29, 0.717) is 11.5 Å². The molecule has 0 aliphatic rings. The number of aromatic nitrogens is 3. The standard InChI is InChI=1S/C19H16N4/c1-12-6-5-9-14(10-12)16-11-15(13-7-3-2-4-8-13)17-18(20)22-23-19(17)21-16/h2-11H,1H3,(H3,20,21,22,23). The number of nitrogens with zero attached hydrogens (tertiary/aromatic N) is 2. The van der Waals surface area contributed by atoms with Crippen molar-refractivity contribution in [2.24, 2.45) is 0 Å². The van der Waals surface area contributed by atoms with Crippen LogP contribution in [-0.4, -0.2) is 15.2 Å². The Balaban J connectivity index is 2.02. The largest absolute Gasteiger partial charge is 0.382 e. The first-order valence-corrected chi connectivity index (χ1v) is 7.49. The summed E-state index contributed by atoms with van der Waals surface area (Å²) in [6, 6.07) is 20.6. The molecule has 0 unspecified atom stereocenters. The first kappa shape index (κ1) is 13.5. The monoisotopic (exact) mass is 300 g/mol. The Morgan fingerprint density at radius 2 is 1.70 bits per heavy atom. The number of fused-ring (bicyclic) bond motifs is 1. The summed E-state index contributed by atoms with van der Waals surface area (Å²) >= 11 is 0. The molecule has 23 heavy (non-hydrogen) atoms. The number of pyridine rings is 1. The third-order valence-electron chi connectivity index (χ3n) is 3.96. The molecule has 2 heterocycles. The van der Waals surface area contributed by atoms with E-state index in [1.807, 2.05) is 24.3 Å². The number of nitrogens with one attached hydrogen (secondary N) is 1. The summed E-state index contributed by atoms with van der Waals surface area (Å²) in [7, 11) is 0. The van der Waals surface area contributed by atoms with Gasteiger partial charge in [-0.25, -0.2) is 4.98 Å². The first-order valence-electron chi connectivity index (χ1n) is 7.49. The van der Waals surface area contributed by atoms with Crippen LogP contribution in [0.5, 0.6) is 0 Å². The zero-order chi connectivity index (χ0) is 15.8. The lowest BCUT2D eigenvalue weighted by Gasteiger charge is -2.08. The summed E-state index contributed by atoms with van der Waals surface area (Å²) in [4.78, 5) is 4.70. The Labute approximate surface area is 134 Å². The number of H-pyrrole nitrogens is 1. The van der Waals surface area contributed by atoms with E-state index in [9.17, 15) is 0 Å². The van der Waals surface area contributed by atoms with E-state index in [2.05, 4.69) is 53.5 Å². The molecular weight excluding hydrogens is 284 g/mol. The molecule has 4 aromatic rings. The van der Waals surface area contributed by atoms with Gasteiger partial charge in [0.05, 0.1) is 11.1 Å². The molecule has 0 fully saturated rings. The van der Waals surface area contributed by atoms with E-state index in [-0.39, 0.29) is 0 Å². The van der Waals surface area contributed by atoms with E-state index in [1.54, 1.807) is 0 Å². The second kappa shape index (κ2) is 5.25. The van der Waals surface area contributed by atoms with Gasteiger partial charge in [-0.3, -0.25) is 5.10 Å². The Morgan fingerprint density at radius 1 is 0.913 bits per heavy atom. The molecule has 2 aromatic heterocycles. The molecule has 0 aliphatic carbocycles. The first-order chi connectivity index (χ1) is 11.2. The number of hydrogen-bond acceptors (Lipinski definition) is 3. The Hall–Kier alpha value is -3.14. The van der Waals surface area contributed by atoms with Crippen LogP contribution in [0.1, 0.15) is 5.56 Å². The Bertz CT molecular complexity index is 987. The molecule has 4 rings (SSSR count). The van der Waals surface area contributed by atoms with E-state index in [4.69, 9.17) is 10.7 Å². The van der Waals surface area contributed by atoms with Gasteiger partial charge in [0.15, 0.2) is 11.5 Å². The second-order valence-electron chi connectivity index (χ2n) is 5.62. The summed E-state index contributed by atoms with van der Waals surface area (Å²) in [6.45, 7) is 2.08. The van der Waals surface area contributed by atoms with Crippen molar-refractivity contribution in [3.05, 3.63) is 66.2 Å². The Morgan fingerprint density at radius 3 is 2.48 bits per heavy atom. The van der Waals surface area contributed by atoms with E-state index >= 15 is 0 Å². The molecule has 0 bridgehead atoms. The average molecular weight is 300 g/mol. The normalized spacial score (nSPS) is 11.0. The molecule has 0 atom stereocenters. The Kier molecular flexibility index (Phi) is 3.08. The molecule has 2 aromatic carbocycles. The van der Waals surface area contributed by atoms with Gasteiger partial charge in [0, 0.05) is 5.56 Å². The van der Waals surface area contributed by atoms with Gasteiger partial charge in [-0.2, -0.15) is 5.10 Å². The fourth-order valence-electron chi connectivity index (χ4n) is 2.85. The smallest absolute Gasteiger partial charge is 0.158 e. The van der Waals surface area contributed by atoms with E-state index < -0.39 is 0 Å². The second-order valence-corrected chi connectivity index (χ2v) is 5.62. The molecule has 4 nitrogen and oxygen atoms in total. The van der Waals surface area contributed by atoms with Crippen molar-refractivity contribution in [1.29, 1.82) is 0 Å². The maximum absolute atomic E-state index is 6.04. The van der Waals surface area contributed by atoms with E-state index in [1.165, 1.54) is 5.56 Å². The fourth-order valence-corrected chi connectivity index (χ4v) is 2.85. The molecule has 3 N–H and O–H groups in total. The van der Waals surface area contributed by atoms with Crippen molar-refractivity contribution in [3.63, 3.8) is 0 Å². The van der Waals surface area contributed by atoms with Gasteiger partial charge >= 0.3 is 0 Å². The van der Waals surface area contributed by atoms with Gasteiger partial charge in [-0.05, 0) is 30.2 Å². The van der Waals surface area contributed by atoms with Crippen LogP contribution in [0.4, 0.5) is 5.82 Å². The maximum Gasteiger partial charge on any atom is 0.158 e. The summed E-state index contributed by atoms with van der Waals surface area (Å²) in [6.07, 6.45) is 0. The number of benzene rings is 2. The summed E-state index contributed by atoms with van der Waals surface area (Å²) in [5.41, 5.74) is 12.1. The summed E-state index contributed by atoms with van der Waals surface area (Å²) in [5.74, 6) is 0.474. The van der Waals surface area contributed by atoms with Crippen molar-refractivity contribution in [3.8, 4) is 22.4 Å². The lowest BCUT2D eigenvalue weighted by molar-refractivity contribution is 1.11. The molecule has 0 aliphatic heterocycles. The minimum Gasteiger partial charge on any atom is -0.382 e. The molecule has 4 heteroatoms. The zero-order valence-electron chi connectivity index (χ0n) is 12.7. The van der Waals surface area contributed by atoms with Crippen molar-refractivity contribution >= 4 is 16.9 Å². The van der Waals surface area contributed by atoms with Gasteiger partial charge in [-0.1, -0.05) is 54.1 Å². The number of nitrogens with two attached hydrogens (primary N) is 1. The maximum atomic E-state index is 6.04. The molecule has 112 valence electrons. The predicted molar refractivity (Wildman–Crippen MR) is 93.9 cm³/mol. The minimum absolute atomic E-state index is 0.474. The predicted octanol–water partition coefficient (Wildman–Crippen LogP) is 4.18. The fraction of sp³-hybridized carbons (Fsp3) is 0.0526. The number of nitrogen functional groups attached to an aromatic ring is 1. The van der Waals surface area contributed by atoms with Crippen LogP contribution in [0, 0.1) is 6.92 Å². The van der Waals surface area contributed by atoms with Crippen LogP contribution in [0.3, 0.4) is 0 Å². The van der Waals surface area contributed by atoms with Gasteiger partial charge in [0.1, 0.15) is 0 Å². The van der Waals surface area contributed by atoms with Gasteiger partial charge < -0.3 is 5.73 Å². The van der Waals surface area contributed by atoms with Crippen LogP contribution in [0.25, 0.3) is 33.4 Å².